The minimum absolute atomic E-state index is 0.00919. The first-order valence-electron chi connectivity index (χ1n) is 8.38. The van der Waals surface area contributed by atoms with Gasteiger partial charge >= 0.3 is 0 Å². The lowest BCUT2D eigenvalue weighted by Gasteiger charge is -2.37. The van der Waals surface area contributed by atoms with E-state index >= 15 is 0 Å². The van der Waals surface area contributed by atoms with Crippen LogP contribution in [0.2, 0.25) is 0 Å². The number of morpholine rings is 1. The van der Waals surface area contributed by atoms with Crippen molar-refractivity contribution in [2.75, 3.05) is 31.2 Å². The molecule has 2 aromatic rings. The van der Waals surface area contributed by atoms with E-state index in [2.05, 4.69) is 5.32 Å². The standard InChI is InChI=1S/C19H25N3O3/c1-19(2,18-12-22-9-10-23-18)25-14-5-3-13(4-6-14)24-15-7-8-16(20)17(21)11-15/h3-8,11,18,22H,9-10,12,20-21H2,1-2H3. The molecule has 0 saturated carbocycles. The van der Waals surface area contributed by atoms with Gasteiger partial charge in [0.2, 0.25) is 0 Å². The molecule has 0 spiro atoms. The zero-order valence-electron chi connectivity index (χ0n) is 14.6. The molecule has 0 bridgehead atoms. The van der Waals surface area contributed by atoms with Crippen LogP contribution in [-0.4, -0.2) is 31.4 Å². The first kappa shape index (κ1) is 17.4. The van der Waals surface area contributed by atoms with E-state index in [1.165, 1.54) is 0 Å². The second-order valence-electron chi connectivity index (χ2n) is 6.63. The Morgan fingerprint density at radius 2 is 1.68 bits per heavy atom. The fourth-order valence-corrected chi connectivity index (χ4v) is 2.71. The van der Waals surface area contributed by atoms with Gasteiger partial charge in [-0.05, 0) is 50.2 Å². The smallest absolute Gasteiger partial charge is 0.131 e. The zero-order valence-corrected chi connectivity index (χ0v) is 14.6. The Kier molecular flexibility index (Phi) is 5.01. The van der Waals surface area contributed by atoms with Crippen molar-refractivity contribution in [1.82, 2.24) is 5.32 Å². The predicted octanol–water partition coefficient (Wildman–Crippen LogP) is 2.79. The Morgan fingerprint density at radius 1 is 1.00 bits per heavy atom. The van der Waals surface area contributed by atoms with Crippen molar-refractivity contribution >= 4 is 11.4 Å². The highest BCUT2D eigenvalue weighted by atomic mass is 16.6. The van der Waals surface area contributed by atoms with Crippen LogP contribution < -0.4 is 26.3 Å². The summed E-state index contributed by atoms with van der Waals surface area (Å²) in [4.78, 5) is 0. The molecule has 0 radical (unpaired) electrons. The molecule has 6 nitrogen and oxygen atoms in total. The highest BCUT2D eigenvalue weighted by Crippen LogP contribution is 2.29. The van der Waals surface area contributed by atoms with Gasteiger partial charge in [0.25, 0.3) is 0 Å². The number of nitrogen functional groups attached to an aromatic ring is 2. The van der Waals surface area contributed by atoms with E-state index < -0.39 is 5.60 Å². The highest BCUT2D eigenvalue weighted by molar-refractivity contribution is 5.65. The van der Waals surface area contributed by atoms with E-state index in [1.807, 2.05) is 38.1 Å². The number of nitrogens with one attached hydrogen (secondary N) is 1. The molecule has 1 atom stereocenters. The van der Waals surface area contributed by atoms with Crippen molar-refractivity contribution in [2.24, 2.45) is 0 Å². The van der Waals surface area contributed by atoms with E-state index in [0.29, 0.717) is 29.5 Å². The number of nitrogens with two attached hydrogens (primary N) is 2. The van der Waals surface area contributed by atoms with Gasteiger partial charge in [-0.15, -0.1) is 0 Å². The summed E-state index contributed by atoms with van der Waals surface area (Å²) < 4.78 is 17.7. The molecule has 1 heterocycles. The van der Waals surface area contributed by atoms with Crippen molar-refractivity contribution in [2.45, 2.75) is 25.6 Å². The maximum atomic E-state index is 6.12. The zero-order chi connectivity index (χ0) is 17.9. The quantitative estimate of drug-likeness (QED) is 0.723. The Labute approximate surface area is 148 Å². The Bertz CT molecular complexity index is 710. The third kappa shape index (κ3) is 4.35. The lowest BCUT2D eigenvalue weighted by Crippen LogP contribution is -2.53. The van der Waals surface area contributed by atoms with Gasteiger partial charge in [0.05, 0.1) is 18.0 Å². The Balaban J connectivity index is 1.64. The van der Waals surface area contributed by atoms with E-state index in [9.17, 15) is 0 Å². The molecular weight excluding hydrogens is 318 g/mol. The molecule has 1 saturated heterocycles. The van der Waals surface area contributed by atoms with Crippen LogP contribution in [0.3, 0.4) is 0 Å². The van der Waals surface area contributed by atoms with Crippen molar-refractivity contribution in [3.8, 4) is 17.2 Å². The molecule has 1 aliphatic heterocycles. The van der Waals surface area contributed by atoms with Crippen LogP contribution in [0.5, 0.6) is 17.2 Å². The number of rotatable bonds is 5. The summed E-state index contributed by atoms with van der Waals surface area (Å²) >= 11 is 0. The Morgan fingerprint density at radius 3 is 2.32 bits per heavy atom. The lowest BCUT2D eigenvalue weighted by molar-refractivity contribution is -0.0854. The van der Waals surface area contributed by atoms with Gasteiger partial charge in [-0.2, -0.15) is 0 Å². The third-order valence-corrected chi connectivity index (χ3v) is 4.20. The first-order valence-corrected chi connectivity index (χ1v) is 8.38. The van der Waals surface area contributed by atoms with Gasteiger partial charge in [0.1, 0.15) is 29.0 Å². The maximum absolute atomic E-state index is 6.12. The molecule has 134 valence electrons. The first-order chi connectivity index (χ1) is 11.9. The molecule has 25 heavy (non-hydrogen) atoms. The molecule has 0 aromatic heterocycles. The largest absolute Gasteiger partial charge is 0.485 e. The van der Waals surface area contributed by atoms with Gasteiger partial charge in [0.15, 0.2) is 0 Å². The van der Waals surface area contributed by atoms with Crippen LogP contribution in [0.1, 0.15) is 13.8 Å². The van der Waals surface area contributed by atoms with Crippen molar-refractivity contribution in [3.05, 3.63) is 42.5 Å². The van der Waals surface area contributed by atoms with Gasteiger partial charge in [-0.25, -0.2) is 0 Å². The second-order valence-corrected chi connectivity index (χ2v) is 6.63. The summed E-state index contributed by atoms with van der Waals surface area (Å²) in [7, 11) is 0. The summed E-state index contributed by atoms with van der Waals surface area (Å²) in [5.41, 5.74) is 12.1. The highest BCUT2D eigenvalue weighted by Gasteiger charge is 2.33. The SMILES string of the molecule is CC(C)(Oc1ccc(Oc2ccc(N)c(N)c2)cc1)C1CNCCO1. The summed E-state index contributed by atoms with van der Waals surface area (Å²) in [6.45, 7) is 6.44. The number of benzene rings is 2. The van der Waals surface area contributed by atoms with Gasteiger partial charge in [-0.3, -0.25) is 0 Å². The molecule has 0 aliphatic carbocycles. The number of hydrogen-bond donors (Lipinski definition) is 3. The van der Waals surface area contributed by atoms with Crippen LogP contribution in [0.15, 0.2) is 42.5 Å². The van der Waals surface area contributed by atoms with Crippen molar-refractivity contribution < 1.29 is 14.2 Å². The second kappa shape index (κ2) is 7.21. The van der Waals surface area contributed by atoms with Crippen LogP contribution in [0.4, 0.5) is 11.4 Å². The van der Waals surface area contributed by atoms with Crippen LogP contribution in [0.25, 0.3) is 0 Å². The number of hydrogen-bond acceptors (Lipinski definition) is 6. The van der Waals surface area contributed by atoms with E-state index in [4.69, 9.17) is 25.7 Å². The summed E-state index contributed by atoms with van der Waals surface area (Å²) in [6, 6.07) is 12.7. The van der Waals surface area contributed by atoms with E-state index in [0.717, 1.165) is 18.8 Å². The molecule has 0 amide bonds. The third-order valence-electron chi connectivity index (χ3n) is 4.20. The Hall–Kier alpha value is -2.44. The molecule has 2 aromatic carbocycles. The summed E-state index contributed by atoms with van der Waals surface area (Å²) in [5.74, 6) is 2.11. The van der Waals surface area contributed by atoms with Crippen LogP contribution >= 0.6 is 0 Å². The monoisotopic (exact) mass is 343 g/mol. The fraction of sp³-hybridized carbons (Fsp3) is 0.368. The molecule has 1 fully saturated rings. The molecule has 1 aliphatic rings. The molecule has 3 rings (SSSR count). The van der Waals surface area contributed by atoms with E-state index in [1.54, 1.807) is 18.2 Å². The summed E-state index contributed by atoms with van der Waals surface area (Å²) in [6.07, 6.45) is 0.00919. The lowest BCUT2D eigenvalue weighted by atomic mass is 10.0. The van der Waals surface area contributed by atoms with Gasteiger partial charge in [0, 0.05) is 19.2 Å². The average Bonchev–Trinajstić information content (AvgIpc) is 2.60. The maximum Gasteiger partial charge on any atom is 0.131 e. The minimum Gasteiger partial charge on any atom is -0.485 e. The minimum atomic E-state index is -0.429. The fourth-order valence-electron chi connectivity index (χ4n) is 2.71. The van der Waals surface area contributed by atoms with Crippen molar-refractivity contribution in [3.63, 3.8) is 0 Å². The number of ether oxygens (including phenoxy) is 3. The topological polar surface area (TPSA) is 91.8 Å². The molecule has 6 heteroatoms. The summed E-state index contributed by atoms with van der Waals surface area (Å²) in [5, 5.41) is 3.33. The molecular formula is C19H25N3O3. The van der Waals surface area contributed by atoms with E-state index in [-0.39, 0.29) is 6.10 Å². The normalized spacial score (nSPS) is 17.9. The predicted molar refractivity (Wildman–Crippen MR) is 99.1 cm³/mol. The molecule has 5 N–H and O–H groups in total. The van der Waals surface area contributed by atoms with Crippen LogP contribution in [-0.2, 0) is 4.74 Å². The number of anilines is 2. The van der Waals surface area contributed by atoms with Gasteiger partial charge in [-0.1, -0.05) is 0 Å². The average molecular weight is 343 g/mol. The van der Waals surface area contributed by atoms with Gasteiger partial charge < -0.3 is 31.0 Å². The van der Waals surface area contributed by atoms with Crippen LogP contribution in [0, 0.1) is 0 Å². The van der Waals surface area contributed by atoms with Crippen molar-refractivity contribution in [1.29, 1.82) is 0 Å². The molecule has 1 unspecified atom stereocenters.